The molecule has 0 aliphatic heterocycles. The van der Waals surface area contributed by atoms with E-state index < -0.39 is 18.2 Å². The number of carbonyl (C=O) groups is 2. The van der Waals surface area contributed by atoms with Crippen LogP contribution in [0.5, 0.6) is 0 Å². The third kappa shape index (κ3) is 7.33. The van der Waals surface area contributed by atoms with Crippen molar-refractivity contribution in [2.75, 3.05) is 0 Å². The van der Waals surface area contributed by atoms with E-state index in [1.54, 1.807) is 0 Å². The number of thioether (sulfide) groups is 1. The minimum absolute atomic E-state index is 0.0929. The van der Waals surface area contributed by atoms with Crippen molar-refractivity contribution in [2.24, 2.45) is 5.92 Å². The van der Waals surface area contributed by atoms with Gasteiger partial charge in [0.25, 0.3) is 0 Å². The number of rotatable bonds is 10. The molecular weight excluding hydrogens is 372 g/mol. The van der Waals surface area contributed by atoms with Crippen LogP contribution in [-0.2, 0) is 25.7 Å². The Morgan fingerprint density at radius 3 is 2.18 bits per heavy atom. The first-order chi connectivity index (χ1) is 13.5. The minimum atomic E-state index is -0.670. The Bertz CT molecular complexity index is 774. The molecule has 0 fully saturated rings. The van der Waals surface area contributed by atoms with E-state index in [0.717, 1.165) is 10.5 Å². The van der Waals surface area contributed by atoms with Crippen LogP contribution in [0.25, 0.3) is 0 Å². The van der Waals surface area contributed by atoms with Gasteiger partial charge in [-0.15, -0.1) is 0 Å². The van der Waals surface area contributed by atoms with Gasteiger partial charge in [-0.05, 0) is 36.1 Å². The molecule has 0 saturated carbocycles. The summed E-state index contributed by atoms with van der Waals surface area (Å²) in [6, 6.07) is 19.6. The molecule has 0 heterocycles. The molecule has 4 nitrogen and oxygen atoms in total. The highest BCUT2D eigenvalue weighted by Crippen LogP contribution is 2.23. The molecule has 28 heavy (non-hydrogen) atoms. The number of hydrogen-bond donors (Lipinski definition) is 0. The molecule has 0 aromatic heterocycles. The van der Waals surface area contributed by atoms with E-state index in [1.165, 1.54) is 25.6 Å². The summed E-state index contributed by atoms with van der Waals surface area (Å²) in [5, 5.41) is 1.88. The highest BCUT2D eigenvalue weighted by Gasteiger charge is 2.30. The minimum Gasteiger partial charge on any atom is -0.458 e. The van der Waals surface area contributed by atoms with Crippen molar-refractivity contribution in [3.63, 3.8) is 0 Å². The molecule has 2 rings (SSSR count). The van der Waals surface area contributed by atoms with Crippen LogP contribution in [-0.4, -0.2) is 24.0 Å². The molecule has 0 spiro atoms. The molecule has 0 radical (unpaired) electrons. The fraction of sp³-hybridized carbons (Fsp3) is 0.304. The van der Waals surface area contributed by atoms with Gasteiger partial charge in [0.05, 0.1) is 6.61 Å². The Labute approximate surface area is 170 Å². The van der Waals surface area contributed by atoms with E-state index in [0.29, 0.717) is 6.61 Å². The van der Waals surface area contributed by atoms with E-state index in [-0.39, 0.29) is 11.7 Å². The van der Waals surface area contributed by atoms with Crippen molar-refractivity contribution >= 4 is 23.5 Å². The van der Waals surface area contributed by atoms with Crippen LogP contribution < -0.4 is 0 Å². The molecule has 0 unspecified atom stereocenters. The van der Waals surface area contributed by atoms with Gasteiger partial charge in [0, 0.05) is 17.7 Å². The van der Waals surface area contributed by atoms with Crippen molar-refractivity contribution in [3.8, 4) is 0 Å². The summed E-state index contributed by atoms with van der Waals surface area (Å²) in [5.74, 6) is -0.806. The van der Waals surface area contributed by atoms with Crippen molar-refractivity contribution in [1.82, 2.24) is 0 Å². The third-order valence-electron chi connectivity index (χ3n) is 4.19. The standard InChI is InChI=1S/C23H26O4S/c1-17(23(18(2)24)26-16-20-10-6-4-7-11-20)22(27-19(3)25)14-15-28-21-12-8-5-9-13-21/h4-15,17,22-23H,16H2,1-3H3/b15-14+/t17-,22-,23+/m0/s1. The second-order valence-electron chi connectivity index (χ2n) is 6.52. The lowest BCUT2D eigenvalue weighted by Gasteiger charge is -2.27. The first-order valence-electron chi connectivity index (χ1n) is 9.19. The van der Waals surface area contributed by atoms with Crippen LogP contribution in [0.3, 0.4) is 0 Å². The van der Waals surface area contributed by atoms with E-state index >= 15 is 0 Å². The summed E-state index contributed by atoms with van der Waals surface area (Å²) in [6.45, 7) is 5.05. The fourth-order valence-electron chi connectivity index (χ4n) is 2.78. The van der Waals surface area contributed by atoms with Gasteiger partial charge < -0.3 is 9.47 Å². The Balaban J connectivity index is 2.07. The van der Waals surface area contributed by atoms with E-state index in [1.807, 2.05) is 79.1 Å². The Morgan fingerprint density at radius 2 is 1.61 bits per heavy atom. The molecule has 2 aromatic carbocycles. The zero-order valence-corrected chi connectivity index (χ0v) is 17.2. The average Bonchev–Trinajstić information content (AvgIpc) is 2.68. The van der Waals surface area contributed by atoms with Crippen LogP contribution in [0.2, 0.25) is 0 Å². The summed E-state index contributed by atoms with van der Waals surface area (Å²) >= 11 is 1.53. The molecule has 0 N–H and O–H groups in total. The van der Waals surface area contributed by atoms with Crippen LogP contribution >= 0.6 is 11.8 Å². The normalized spacial score (nSPS) is 14.4. The van der Waals surface area contributed by atoms with Crippen LogP contribution in [0, 0.1) is 5.92 Å². The molecule has 0 saturated heterocycles. The van der Waals surface area contributed by atoms with Gasteiger partial charge >= 0.3 is 5.97 Å². The lowest BCUT2D eigenvalue weighted by Crippen LogP contribution is -2.37. The second kappa shape index (κ2) is 11.5. The van der Waals surface area contributed by atoms with Gasteiger partial charge in [-0.3, -0.25) is 9.59 Å². The van der Waals surface area contributed by atoms with Gasteiger partial charge in [-0.25, -0.2) is 0 Å². The Morgan fingerprint density at radius 1 is 1.00 bits per heavy atom. The molecule has 5 heteroatoms. The van der Waals surface area contributed by atoms with Crippen molar-refractivity contribution in [1.29, 1.82) is 0 Å². The quantitative estimate of drug-likeness (QED) is 0.415. The zero-order valence-electron chi connectivity index (χ0n) is 16.4. The smallest absolute Gasteiger partial charge is 0.303 e. The maximum Gasteiger partial charge on any atom is 0.303 e. The van der Waals surface area contributed by atoms with E-state index in [2.05, 4.69) is 0 Å². The monoisotopic (exact) mass is 398 g/mol. The number of carbonyl (C=O) groups excluding carboxylic acids is 2. The Hall–Kier alpha value is -2.37. The number of hydrogen-bond acceptors (Lipinski definition) is 5. The van der Waals surface area contributed by atoms with Crippen LogP contribution in [0.4, 0.5) is 0 Å². The number of ether oxygens (including phenoxy) is 2. The first-order valence-corrected chi connectivity index (χ1v) is 10.1. The third-order valence-corrected chi connectivity index (χ3v) is 5.02. The van der Waals surface area contributed by atoms with Crippen molar-refractivity contribution in [3.05, 3.63) is 77.7 Å². The molecule has 0 amide bonds. The number of benzene rings is 2. The highest BCUT2D eigenvalue weighted by atomic mass is 32.2. The highest BCUT2D eigenvalue weighted by molar-refractivity contribution is 8.02. The zero-order chi connectivity index (χ0) is 20.4. The van der Waals surface area contributed by atoms with Crippen LogP contribution in [0.15, 0.2) is 77.0 Å². The molecular formula is C23H26O4S. The fourth-order valence-corrected chi connectivity index (χ4v) is 3.48. The van der Waals surface area contributed by atoms with Gasteiger partial charge in [0.15, 0.2) is 5.78 Å². The number of Topliss-reactive ketones (excluding diaryl/α,β-unsaturated/α-hetero) is 1. The predicted octanol–water partition coefficient (Wildman–Crippen LogP) is 5.03. The summed E-state index contributed by atoms with van der Waals surface area (Å²) in [5.41, 5.74) is 0.986. The Kier molecular flexibility index (Phi) is 8.98. The maximum absolute atomic E-state index is 12.2. The van der Waals surface area contributed by atoms with E-state index in [9.17, 15) is 9.59 Å². The largest absolute Gasteiger partial charge is 0.458 e. The number of ketones is 1. The van der Waals surface area contributed by atoms with Gasteiger partial charge in [-0.1, -0.05) is 67.2 Å². The first kappa shape index (κ1) is 21.9. The van der Waals surface area contributed by atoms with E-state index in [4.69, 9.17) is 9.47 Å². The molecule has 148 valence electrons. The van der Waals surface area contributed by atoms with Gasteiger partial charge in [0.2, 0.25) is 0 Å². The van der Waals surface area contributed by atoms with Crippen molar-refractivity contribution < 1.29 is 19.1 Å². The molecule has 0 bridgehead atoms. The number of esters is 1. The lowest BCUT2D eigenvalue weighted by atomic mass is 9.95. The molecule has 0 aliphatic rings. The van der Waals surface area contributed by atoms with Crippen LogP contribution in [0.1, 0.15) is 26.3 Å². The second-order valence-corrected chi connectivity index (χ2v) is 7.50. The lowest BCUT2D eigenvalue weighted by molar-refractivity contribution is -0.152. The maximum atomic E-state index is 12.2. The molecule has 3 atom stereocenters. The van der Waals surface area contributed by atoms with Crippen molar-refractivity contribution in [2.45, 2.75) is 44.5 Å². The summed E-state index contributed by atoms with van der Waals surface area (Å²) < 4.78 is 11.4. The topological polar surface area (TPSA) is 52.6 Å². The van der Waals surface area contributed by atoms with Gasteiger partial charge in [-0.2, -0.15) is 0 Å². The van der Waals surface area contributed by atoms with Gasteiger partial charge in [0.1, 0.15) is 12.2 Å². The summed E-state index contributed by atoms with van der Waals surface area (Å²) in [4.78, 5) is 24.9. The molecule has 0 aliphatic carbocycles. The average molecular weight is 399 g/mol. The summed E-state index contributed by atoms with van der Waals surface area (Å²) in [6.07, 6.45) is 0.584. The summed E-state index contributed by atoms with van der Waals surface area (Å²) in [7, 11) is 0. The molecule has 2 aromatic rings. The SMILES string of the molecule is CC(=O)O[C@@H](/C=C/Sc1ccccc1)[C@H](C)[C@@H](OCc1ccccc1)C(C)=O. The predicted molar refractivity (Wildman–Crippen MR) is 112 cm³/mol.